The van der Waals surface area contributed by atoms with Gasteiger partial charge in [-0.15, -0.1) is 12.4 Å². The van der Waals surface area contributed by atoms with E-state index in [4.69, 9.17) is 16.6 Å². The molecule has 5 nitrogen and oxygen atoms in total. The molecule has 90 valence electrons. The second-order valence-corrected chi connectivity index (χ2v) is 3.95. The maximum atomic E-state index is 10.8. The van der Waals surface area contributed by atoms with Crippen LogP contribution in [0.4, 0.5) is 0 Å². The fourth-order valence-electron chi connectivity index (χ4n) is 1.19. The number of carboxylic acids is 1. The number of aromatic carboxylic acids is 1. The Bertz CT molecular complexity index is 401. The first kappa shape index (κ1) is 15.2. The number of phenols is 1. The van der Waals surface area contributed by atoms with Gasteiger partial charge in [0.05, 0.1) is 0 Å². The van der Waals surface area contributed by atoms with Crippen LogP contribution < -0.4 is 11.5 Å². The molecule has 0 bridgehead atoms. The molecule has 0 radical (unpaired) electrons. The summed E-state index contributed by atoms with van der Waals surface area (Å²) in [4.78, 5) is 10.8. The minimum Gasteiger partial charge on any atom is -0.507 e. The van der Waals surface area contributed by atoms with Gasteiger partial charge in [0.25, 0.3) is 0 Å². The smallest absolute Gasteiger partial charge is 0.339 e. The third-order valence-electron chi connectivity index (χ3n) is 1.99. The monoisotopic (exact) mass is 310 g/mol. The standard InChI is InChI=1S/C9H11BrN2O3.ClH/c10-4-1-5(7(12)3-11)8(13)6(2-4)9(14)15;/h1-2,7,13H,3,11-12H2,(H,14,15);1H/t7-;/m1./s1. The van der Waals surface area contributed by atoms with Gasteiger partial charge in [-0.1, -0.05) is 15.9 Å². The molecule has 1 aromatic carbocycles. The topological polar surface area (TPSA) is 110 Å². The molecule has 0 saturated heterocycles. The highest BCUT2D eigenvalue weighted by molar-refractivity contribution is 9.10. The Kier molecular flexibility index (Phi) is 5.74. The molecule has 7 heteroatoms. The lowest BCUT2D eigenvalue weighted by Crippen LogP contribution is -2.21. The first-order valence-corrected chi connectivity index (χ1v) is 4.98. The van der Waals surface area contributed by atoms with Crippen molar-refractivity contribution in [2.45, 2.75) is 6.04 Å². The number of carboxylic acid groups (broad SMARTS) is 1. The molecule has 1 rings (SSSR count). The van der Waals surface area contributed by atoms with Gasteiger partial charge < -0.3 is 21.7 Å². The molecule has 0 aliphatic rings. The first-order valence-electron chi connectivity index (χ1n) is 4.18. The Morgan fingerprint density at radius 1 is 1.50 bits per heavy atom. The highest BCUT2D eigenvalue weighted by atomic mass is 79.9. The van der Waals surface area contributed by atoms with Crippen LogP contribution in [0, 0.1) is 0 Å². The van der Waals surface area contributed by atoms with E-state index in [1.54, 1.807) is 6.07 Å². The molecule has 1 aromatic rings. The van der Waals surface area contributed by atoms with Crippen molar-refractivity contribution in [3.8, 4) is 5.75 Å². The Balaban J connectivity index is 0.00000225. The maximum absolute atomic E-state index is 10.8. The Labute approximate surface area is 107 Å². The average Bonchev–Trinajstić information content (AvgIpc) is 2.19. The van der Waals surface area contributed by atoms with Gasteiger partial charge >= 0.3 is 5.97 Å². The van der Waals surface area contributed by atoms with E-state index >= 15 is 0 Å². The molecule has 6 N–H and O–H groups in total. The summed E-state index contributed by atoms with van der Waals surface area (Å²) in [6.07, 6.45) is 0. The number of nitrogens with two attached hydrogens (primary N) is 2. The maximum Gasteiger partial charge on any atom is 0.339 e. The fourth-order valence-corrected chi connectivity index (χ4v) is 1.67. The van der Waals surface area contributed by atoms with E-state index in [9.17, 15) is 9.90 Å². The van der Waals surface area contributed by atoms with E-state index in [0.717, 1.165) is 0 Å². The SMILES string of the molecule is Cl.NC[C@@H](N)c1cc(Br)cc(C(=O)O)c1O. The molecule has 0 fully saturated rings. The number of hydrogen-bond acceptors (Lipinski definition) is 4. The second kappa shape index (κ2) is 6.05. The van der Waals surface area contributed by atoms with Gasteiger partial charge in [0.15, 0.2) is 0 Å². The van der Waals surface area contributed by atoms with E-state index in [-0.39, 0.29) is 30.3 Å². The summed E-state index contributed by atoms with van der Waals surface area (Å²) in [6.45, 7) is 0.128. The van der Waals surface area contributed by atoms with Crippen molar-refractivity contribution in [3.63, 3.8) is 0 Å². The normalized spacial score (nSPS) is 11.7. The van der Waals surface area contributed by atoms with Gasteiger partial charge in [-0.3, -0.25) is 0 Å². The molecular formula is C9H12BrClN2O3. The Hall–Kier alpha value is -0.820. The third-order valence-corrected chi connectivity index (χ3v) is 2.45. The van der Waals surface area contributed by atoms with Crippen molar-refractivity contribution >= 4 is 34.3 Å². The summed E-state index contributed by atoms with van der Waals surface area (Å²) >= 11 is 3.14. The van der Waals surface area contributed by atoms with E-state index < -0.39 is 12.0 Å². The first-order chi connectivity index (χ1) is 6.97. The minimum absolute atomic E-state index is 0. The van der Waals surface area contributed by atoms with Crippen LogP contribution >= 0.6 is 28.3 Å². The van der Waals surface area contributed by atoms with Crippen LogP contribution in [0.5, 0.6) is 5.75 Å². The van der Waals surface area contributed by atoms with Gasteiger partial charge in [-0.25, -0.2) is 4.79 Å². The fraction of sp³-hybridized carbons (Fsp3) is 0.222. The van der Waals surface area contributed by atoms with E-state index in [0.29, 0.717) is 10.0 Å². The summed E-state index contributed by atoms with van der Waals surface area (Å²) in [5.74, 6) is -1.54. The second-order valence-electron chi connectivity index (χ2n) is 3.04. The molecule has 0 heterocycles. The van der Waals surface area contributed by atoms with Crippen LogP contribution in [-0.4, -0.2) is 22.7 Å². The lowest BCUT2D eigenvalue weighted by Gasteiger charge is -2.13. The van der Waals surface area contributed by atoms with Crippen molar-refractivity contribution in [2.24, 2.45) is 11.5 Å². The van der Waals surface area contributed by atoms with Gasteiger partial charge in [-0.2, -0.15) is 0 Å². The molecular weight excluding hydrogens is 299 g/mol. The average molecular weight is 312 g/mol. The van der Waals surface area contributed by atoms with Crippen LogP contribution in [0.25, 0.3) is 0 Å². The highest BCUT2D eigenvalue weighted by Crippen LogP contribution is 2.30. The summed E-state index contributed by atoms with van der Waals surface area (Å²) in [5, 5.41) is 18.5. The molecule has 0 spiro atoms. The van der Waals surface area contributed by atoms with Crippen LogP contribution in [-0.2, 0) is 0 Å². The lowest BCUT2D eigenvalue weighted by molar-refractivity contribution is 0.0693. The number of hydrogen-bond donors (Lipinski definition) is 4. The summed E-state index contributed by atoms with van der Waals surface area (Å²) in [6, 6.07) is 2.28. The molecule has 16 heavy (non-hydrogen) atoms. The van der Waals surface area contributed by atoms with Crippen LogP contribution in [0.3, 0.4) is 0 Å². The number of halogens is 2. The van der Waals surface area contributed by atoms with Crippen LogP contribution in [0.1, 0.15) is 22.0 Å². The predicted octanol–water partition coefficient (Wildman–Crippen LogP) is 1.23. The molecule has 0 saturated carbocycles. The number of aromatic hydroxyl groups is 1. The zero-order chi connectivity index (χ0) is 11.6. The number of rotatable bonds is 3. The van der Waals surface area contributed by atoms with Crippen molar-refractivity contribution in [2.75, 3.05) is 6.54 Å². The van der Waals surface area contributed by atoms with Crippen molar-refractivity contribution in [1.29, 1.82) is 0 Å². The van der Waals surface area contributed by atoms with Gasteiger partial charge in [-0.05, 0) is 12.1 Å². The van der Waals surface area contributed by atoms with Gasteiger partial charge in [0.1, 0.15) is 11.3 Å². The van der Waals surface area contributed by atoms with Gasteiger partial charge in [0.2, 0.25) is 0 Å². The van der Waals surface area contributed by atoms with Crippen molar-refractivity contribution in [1.82, 2.24) is 0 Å². The number of carbonyl (C=O) groups is 1. The molecule has 1 atom stereocenters. The molecule has 0 unspecified atom stereocenters. The summed E-state index contributed by atoms with van der Waals surface area (Å²) in [7, 11) is 0. The third kappa shape index (κ3) is 3.08. The quantitative estimate of drug-likeness (QED) is 0.671. The highest BCUT2D eigenvalue weighted by Gasteiger charge is 2.18. The Morgan fingerprint density at radius 2 is 2.06 bits per heavy atom. The summed E-state index contributed by atoms with van der Waals surface area (Å²) < 4.78 is 0.539. The number of benzene rings is 1. The molecule has 0 aliphatic carbocycles. The van der Waals surface area contributed by atoms with Gasteiger partial charge in [0, 0.05) is 22.6 Å². The summed E-state index contributed by atoms with van der Waals surface area (Å²) in [5.41, 5.74) is 11.1. The van der Waals surface area contributed by atoms with Crippen molar-refractivity contribution < 1.29 is 15.0 Å². The zero-order valence-electron chi connectivity index (χ0n) is 8.18. The zero-order valence-corrected chi connectivity index (χ0v) is 10.6. The largest absolute Gasteiger partial charge is 0.507 e. The Morgan fingerprint density at radius 3 is 2.50 bits per heavy atom. The molecule has 0 aromatic heterocycles. The van der Waals surface area contributed by atoms with E-state index in [2.05, 4.69) is 15.9 Å². The predicted molar refractivity (Wildman–Crippen MR) is 66.0 cm³/mol. The molecule has 0 amide bonds. The van der Waals surface area contributed by atoms with Crippen molar-refractivity contribution in [3.05, 3.63) is 27.7 Å². The van der Waals surface area contributed by atoms with E-state index in [1.807, 2.05) is 0 Å². The van der Waals surface area contributed by atoms with Crippen LogP contribution in [0.2, 0.25) is 0 Å². The molecule has 0 aliphatic heterocycles. The lowest BCUT2D eigenvalue weighted by atomic mass is 10.0. The minimum atomic E-state index is -1.21. The van der Waals surface area contributed by atoms with Crippen LogP contribution in [0.15, 0.2) is 16.6 Å². The van der Waals surface area contributed by atoms with E-state index in [1.165, 1.54) is 6.07 Å².